The zero-order chi connectivity index (χ0) is 28.7. The minimum Gasteiger partial charge on any atom is -0.462 e. The summed E-state index contributed by atoms with van der Waals surface area (Å²) in [6.45, 7) is 6.04. The first kappa shape index (κ1) is 27.8. The summed E-state index contributed by atoms with van der Waals surface area (Å²) in [5.41, 5.74) is 2.71. The number of amides is 1. The molecule has 0 bridgehead atoms. The van der Waals surface area contributed by atoms with E-state index < -0.39 is 11.7 Å². The van der Waals surface area contributed by atoms with Gasteiger partial charge in [-0.3, -0.25) is 9.69 Å². The fourth-order valence-electron chi connectivity index (χ4n) is 6.06. The minimum absolute atomic E-state index is 0.0605. The first-order valence-corrected chi connectivity index (χ1v) is 14.2. The van der Waals surface area contributed by atoms with Crippen molar-refractivity contribution in [2.45, 2.75) is 37.7 Å². The number of ether oxygens (including phenoxy) is 2. The predicted octanol–water partition coefficient (Wildman–Crippen LogP) is 3.67. The van der Waals surface area contributed by atoms with Gasteiger partial charge in [-0.05, 0) is 30.5 Å². The first-order valence-electron chi connectivity index (χ1n) is 13.9. The number of aliphatic hydroxyl groups excluding tert-OH is 1. The van der Waals surface area contributed by atoms with Crippen LogP contribution >= 0.6 is 11.6 Å². The molecular formula is C30H33ClFN5O4. The van der Waals surface area contributed by atoms with Crippen molar-refractivity contribution in [1.29, 1.82) is 0 Å². The van der Waals surface area contributed by atoms with Crippen LogP contribution in [-0.4, -0.2) is 89.3 Å². The summed E-state index contributed by atoms with van der Waals surface area (Å²) in [6.07, 6.45) is 0.497. The number of fused-ring (bicyclic) bond motifs is 2. The lowest BCUT2D eigenvalue weighted by atomic mass is 9.94. The molecule has 6 rings (SSSR count). The molecule has 41 heavy (non-hydrogen) atoms. The minimum atomic E-state index is -0.955. The van der Waals surface area contributed by atoms with Gasteiger partial charge in [0.2, 0.25) is 0 Å². The van der Waals surface area contributed by atoms with E-state index >= 15 is 0 Å². The molecule has 4 heterocycles. The average Bonchev–Trinajstić information content (AvgIpc) is 3.31. The van der Waals surface area contributed by atoms with Crippen molar-refractivity contribution in [3.63, 3.8) is 0 Å². The second-order valence-corrected chi connectivity index (χ2v) is 11.3. The number of β-amino-alcohol motifs (C(OH)–C–C–N with tert-alkyl or cyclic N) is 1. The molecule has 0 aliphatic carbocycles. The summed E-state index contributed by atoms with van der Waals surface area (Å²) in [5, 5.41) is 12.7. The van der Waals surface area contributed by atoms with Crippen LogP contribution in [0.5, 0.6) is 6.01 Å². The molecule has 2 fully saturated rings. The van der Waals surface area contributed by atoms with E-state index in [1.54, 1.807) is 0 Å². The van der Waals surface area contributed by atoms with Gasteiger partial charge in [-0.25, -0.2) is 4.39 Å². The number of benzene rings is 2. The van der Waals surface area contributed by atoms with Crippen LogP contribution in [0, 0.1) is 0 Å². The molecule has 1 N–H and O–H groups in total. The highest BCUT2D eigenvalue weighted by molar-refractivity contribution is 6.35. The topological polar surface area (TPSA) is 91.3 Å². The highest BCUT2D eigenvalue weighted by Gasteiger charge is 2.33. The van der Waals surface area contributed by atoms with Crippen LogP contribution in [-0.2, 0) is 22.6 Å². The number of hydrogen-bond acceptors (Lipinski definition) is 8. The Morgan fingerprint density at radius 2 is 1.95 bits per heavy atom. The summed E-state index contributed by atoms with van der Waals surface area (Å²) >= 11 is 6.63. The largest absolute Gasteiger partial charge is 0.462 e. The normalized spacial score (nSPS) is 23.1. The van der Waals surface area contributed by atoms with Gasteiger partial charge in [0.25, 0.3) is 5.91 Å². The zero-order valence-electron chi connectivity index (χ0n) is 22.9. The molecule has 3 aliphatic rings. The SMILES string of the molecule is C=C(F)C(=O)N1CCN(c2nc(OC[C@H]3C[C@H](O)CN3C)nc3c2COC(c2cccc4cccc(Cl)c24)C3)CC1. The molecule has 2 saturated heterocycles. The Morgan fingerprint density at radius 3 is 2.66 bits per heavy atom. The Kier molecular flexibility index (Phi) is 7.82. The zero-order valence-corrected chi connectivity index (χ0v) is 23.7. The standard InChI is InChI=1S/C30H33ClFN5O4/c1-18(32)29(39)37-11-9-36(10-12-37)28-23-17-40-26(22-7-3-5-19-6-4-8-24(31)27(19)22)14-25(23)33-30(34-28)41-16-20-13-21(38)15-35(20)2/h3-8,20-21,26,38H,1,9-17H2,2H3/t20-,21+,26?/m1/s1. The van der Waals surface area contributed by atoms with Crippen LogP contribution in [0.15, 0.2) is 48.8 Å². The van der Waals surface area contributed by atoms with E-state index in [0.717, 1.165) is 27.6 Å². The monoisotopic (exact) mass is 581 g/mol. The summed E-state index contributed by atoms with van der Waals surface area (Å²) in [7, 11) is 1.97. The fourth-order valence-corrected chi connectivity index (χ4v) is 6.35. The summed E-state index contributed by atoms with van der Waals surface area (Å²) < 4.78 is 26.0. The van der Waals surface area contributed by atoms with Gasteiger partial charge in [-0.15, -0.1) is 0 Å². The maximum Gasteiger partial charge on any atom is 0.318 e. The highest BCUT2D eigenvalue weighted by atomic mass is 35.5. The second kappa shape index (κ2) is 11.5. The number of hydrogen-bond donors (Lipinski definition) is 1. The summed E-state index contributed by atoms with van der Waals surface area (Å²) in [4.78, 5) is 27.4. The van der Waals surface area contributed by atoms with E-state index in [-0.39, 0.29) is 24.3 Å². The number of aliphatic hydroxyl groups is 1. The van der Waals surface area contributed by atoms with Crippen LogP contribution in [0.2, 0.25) is 5.02 Å². The Morgan fingerprint density at radius 1 is 1.20 bits per heavy atom. The lowest BCUT2D eigenvalue weighted by Crippen LogP contribution is -2.49. The number of halogens is 2. The van der Waals surface area contributed by atoms with Gasteiger partial charge in [0.05, 0.1) is 24.5 Å². The van der Waals surface area contributed by atoms with E-state index in [2.05, 4.69) is 16.4 Å². The molecule has 3 aliphatic heterocycles. The van der Waals surface area contributed by atoms with Crippen LogP contribution in [0.25, 0.3) is 10.8 Å². The molecule has 216 valence electrons. The lowest BCUT2D eigenvalue weighted by Gasteiger charge is -2.37. The number of likely N-dealkylation sites (tertiary alicyclic amines) is 1. The maximum atomic E-state index is 13.5. The number of carbonyl (C=O) groups excluding carboxylic acids is 1. The number of piperazine rings is 1. The van der Waals surface area contributed by atoms with E-state index in [1.165, 1.54) is 4.90 Å². The third kappa shape index (κ3) is 5.61. The van der Waals surface area contributed by atoms with Gasteiger partial charge < -0.3 is 24.4 Å². The van der Waals surface area contributed by atoms with Gasteiger partial charge in [-0.1, -0.05) is 48.5 Å². The van der Waals surface area contributed by atoms with E-state index in [9.17, 15) is 14.3 Å². The van der Waals surface area contributed by atoms with Crippen molar-refractivity contribution < 1.29 is 23.8 Å². The van der Waals surface area contributed by atoms with Crippen LogP contribution in [0.1, 0.15) is 29.3 Å². The van der Waals surface area contributed by atoms with Gasteiger partial charge in [0, 0.05) is 61.2 Å². The molecule has 2 aromatic carbocycles. The number of nitrogens with zero attached hydrogens (tertiary/aromatic N) is 5. The molecular weight excluding hydrogens is 549 g/mol. The number of aromatic nitrogens is 2. The highest BCUT2D eigenvalue weighted by Crippen LogP contribution is 2.39. The van der Waals surface area contributed by atoms with Crippen molar-refractivity contribution in [2.75, 3.05) is 51.3 Å². The Bertz CT molecular complexity index is 1480. The van der Waals surface area contributed by atoms with Gasteiger partial charge >= 0.3 is 6.01 Å². The average molecular weight is 582 g/mol. The number of likely N-dealkylation sites (N-methyl/N-ethyl adjacent to an activating group) is 1. The lowest BCUT2D eigenvalue weighted by molar-refractivity contribution is -0.128. The van der Waals surface area contributed by atoms with Gasteiger partial charge in [0.1, 0.15) is 12.4 Å². The molecule has 0 spiro atoms. The third-order valence-electron chi connectivity index (χ3n) is 8.26. The summed E-state index contributed by atoms with van der Waals surface area (Å²) in [5.74, 6) is -0.935. The maximum absolute atomic E-state index is 13.5. The third-order valence-corrected chi connectivity index (χ3v) is 8.58. The molecule has 3 atom stereocenters. The van der Waals surface area contributed by atoms with Crippen LogP contribution in [0.4, 0.5) is 10.2 Å². The molecule has 1 unspecified atom stereocenters. The molecule has 0 saturated carbocycles. The van der Waals surface area contributed by atoms with E-state index in [1.807, 2.05) is 43.4 Å². The Labute approximate surface area is 243 Å². The Balaban J connectivity index is 1.30. The molecule has 11 heteroatoms. The predicted molar refractivity (Wildman–Crippen MR) is 154 cm³/mol. The van der Waals surface area contributed by atoms with Crippen molar-refractivity contribution in [2.24, 2.45) is 0 Å². The fraction of sp³-hybridized carbons (Fsp3) is 0.433. The van der Waals surface area contributed by atoms with E-state index in [4.69, 9.17) is 31.0 Å². The number of carbonyl (C=O) groups is 1. The van der Waals surface area contributed by atoms with Crippen molar-refractivity contribution in [1.82, 2.24) is 19.8 Å². The number of rotatable bonds is 6. The van der Waals surface area contributed by atoms with Crippen molar-refractivity contribution in [3.05, 3.63) is 70.6 Å². The van der Waals surface area contributed by atoms with Gasteiger partial charge in [-0.2, -0.15) is 9.97 Å². The first-order chi connectivity index (χ1) is 19.8. The van der Waals surface area contributed by atoms with Gasteiger partial charge in [0.15, 0.2) is 5.83 Å². The summed E-state index contributed by atoms with van der Waals surface area (Å²) in [6, 6.07) is 12.3. The molecule has 0 radical (unpaired) electrons. The smallest absolute Gasteiger partial charge is 0.318 e. The van der Waals surface area contributed by atoms with Crippen molar-refractivity contribution in [3.8, 4) is 6.01 Å². The van der Waals surface area contributed by atoms with Crippen molar-refractivity contribution >= 4 is 34.1 Å². The Hall–Kier alpha value is -3.31. The van der Waals surface area contributed by atoms with Crippen LogP contribution in [0.3, 0.4) is 0 Å². The molecule has 3 aromatic rings. The number of anilines is 1. The molecule has 9 nitrogen and oxygen atoms in total. The second-order valence-electron chi connectivity index (χ2n) is 10.9. The molecule has 1 amide bonds. The molecule has 1 aromatic heterocycles. The van der Waals surface area contributed by atoms with Crippen LogP contribution < -0.4 is 9.64 Å². The van der Waals surface area contributed by atoms with E-state index in [0.29, 0.717) is 69.6 Å². The quantitative estimate of drug-likeness (QED) is 0.441.